The molecule has 1 atom stereocenters. The number of carbonyl (C=O) groups is 2. The van der Waals surface area contributed by atoms with Crippen molar-refractivity contribution in [1.29, 1.82) is 0 Å². The largest absolute Gasteiger partial charge is 0.423 e. The van der Waals surface area contributed by atoms with E-state index in [0.29, 0.717) is 16.8 Å². The van der Waals surface area contributed by atoms with Gasteiger partial charge in [-0.2, -0.15) is 0 Å². The van der Waals surface area contributed by atoms with Crippen LogP contribution in [0, 0.1) is 5.82 Å². The van der Waals surface area contributed by atoms with Gasteiger partial charge in [0, 0.05) is 37.8 Å². The van der Waals surface area contributed by atoms with Crippen LogP contribution in [0.2, 0.25) is 0 Å². The standard InChI is InChI=1S/C19H21FN4O3/c1-4-17(25)22-18-11-24(19(26)27-18)13-6-7-14(15(20)9-13)12-5-8-16(21-10-12)23(2)3/h5-10,18H,4,11H2,1-3H3,(H,22,25). The zero-order chi connectivity index (χ0) is 19.6. The average molecular weight is 372 g/mol. The van der Waals surface area contributed by atoms with E-state index in [2.05, 4.69) is 10.3 Å². The van der Waals surface area contributed by atoms with Gasteiger partial charge in [-0.15, -0.1) is 0 Å². The van der Waals surface area contributed by atoms with Crippen molar-refractivity contribution in [2.24, 2.45) is 0 Å². The van der Waals surface area contributed by atoms with Crippen LogP contribution in [0.15, 0.2) is 36.5 Å². The molecule has 2 amide bonds. The van der Waals surface area contributed by atoms with Gasteiger partial charge in [0.1, 0.15) is 11.6 Å². The number of nitrogens with one attached hydrogen (secondary N) is 1. The minimum absolute atomic E-state index is 0.127. The smallest absolute Gasteiger partial charge is 0.416 e. The first-order chi connectivity index (χ1) is 12.9. The van der Waals surface area contributed by atoms with Crippen LogP contribution in [0.4, 0.5) is 20.7 Å². The minimum Gasteiger partial charge on any atom is -0.423 e. The Balaban J connectivity index is 1.78. The third-order valence-corrected chi connectivity index (χ3v) is 4.24. The van der Waals surface area contributed by atoms with E-state index in [1.807, 2.05) is 25.1 Å². The normalized spacial score (nSPS) is 16.2. The molecule has 8 heteroatoms. The molecule has 1 saturated heterocycles. The molecule has 0 saturated carbocycles. The molecule has 0 spiro atoms. The van der Waals surface area contributed by atoms with E-state index in [-0.39, 0.29) is 18.9 Å². The first-order valence-electron chi connectivity index (χ1n) is 8.60. The molecule has 2 aromatic rings. The number of hydrogen-bond donors (Lipinski definition) is 1. The number of anilines is 2. The molecule has 3 rings (SSSR count). The molecule has 1 fully saturated rings. The fourth-order valence-corrected chi connectivity index (χ4v) is 2.75. The van der Waals surface area contributed by atoms with Crippen molar-refractivity contribution in [2.75, 3.05) is 30.4 Å². The molecule has 0 bridgehead atoms. The van der Waals surface area contributed by atoms with E-state index >= 15 is 0 Å². The van der Waals surface area contributed by atoms with Gasteiger partial charge in [0.15, 0.2) is 6.23 Å². The molecule has 1 unspecified atom stereocenters. The summed E-state index contributed by atoms with van der Waals surface area (Å²) in [6, 6.07) is 8.12. The highest BCUT2D eigenvalue weighted by atomic mass is 19.1. The number of benzene rings is 1. The molecule has 1 aromatic carbocycles. The van der Waals surface area contributed by atoms with Crippen molar-refractivity contribution in [1.82, 2.24) is 10.3 Å². The highest BCUT2D eigenvalue weighted by Gasteiger charge is 2.33. The lowest BCUT2D eigenvalue weighted by atomic mass is 10.1. The molecule has 0 aliphatic carbocycles. The van der Waals surface area contributed by atoms with Crippen molar-refractivity contribution in [3.8, 4) is 11.1 Å². The zero-order valence-corrected chi connectivity index (χ0v) is 15.4. The van der Waals surface area contributed by atoms with E-state index < -0.39 is 18.1 Å². The third kappa shape index (κ3) is 3.99. The lowest BCUT2D eigenvalue weighted by Gasteiger charge is -2.15. The number of ether oxygens (including phenoxy) is 1. The lowest BCUT2D eigenvalue weighted by Crippen LogP contribution is -2.37. The number of halogens is 1. The Morgan fingerprint density at radius 2 is 2.15 bits per heavy atom. The number of nitrogens with zero attached hydrogens (tertiary/aromatic N) is 3. The third-order valence-electron chi connectivity index (χ3n) is 4.24. The van der Waals surface area contributed by atoms with Crippen LogP contribution in [0.3, 0.4) is 0 Å². The summed E-state index contributed by atoms with van der Waals surface area (Å²) in [5.74, 6) is 0.0846. The van der Waals surface area contributed by atoms with Gasteiger partial charge in [-0.3, -0.25) is 9.69 Å². The van der Waals surface area contributed by atoms with Crippen LogP contribution < -0.4 is 15.1 Å². The number of carbonyl (C=O) groups excluding carboxylic acids is 2. The van der Waals surface area contributed by atoms with Gasteiger partial charge < -0.3 is 15.0 Å². The molecule has 1 aliphatic heterocycles. The number of aromatic nitrogens is 1. The average Bonchev–Trinajstić information content (AvgIpc) is 3.01. The van der Waals surface area contributed by atoms with Crippen LogP contribution in [0.1, 0.15) is 13.3 Å². The summed E-state index contributed by atoms with van der Waals surface area (Å²) >= 11 is 0. The Bertz CT molecular complexity index is 855. The molecule has 1 N–H and O–H groups in total. The summed E-state index contributed by atoms with van der Waals surface area (Å²) in [5, 5.41) is 2.60. The van der Waals surface area contributed by atoms with Gasteiger partial charge in [0.05, 0.1) is 12.2 Å². The van der Waals surface area contributed by atoms with Crippen LogP contribution in [0.25, 0.3) is 11.1 Å². The Kier molecular flexibility index (Phi) is 5.25. The fourth-order valence-electron chi connectivity index (χ4n) is 2.75. The van der Waals surface area contributed by atoms with Crippen LogP contribution in [0.5, 0.6) is 0 Å². The molecule has 2 heterocycles. The number of hydrogen-bond acceptors (Lipinski definition) is 5. The highest BCUT2D eigenvalue weighted by Crippen LogP contribution is 2.29. The van der Waals surface area contributed by atoms with Crippen LogP contribution in [-0.4, -0.2) is 43.9 Å². The van der Waals surface area contributed by atoms with Crippen LogP contribution >= 0.6 is 0 Å². The second-order valence-corrected chi connectivity index (χ2v) is 6.37. The van der Waals surface area contributed by atoms with Gasteiger partial charge in [-0.1, -0.05) is 6.92 Å². The van der Waals surface area contributed by atoms with Gasteiger partial charge in [-0.25, -0.2) is 14.2 Å². The highest BCUT2D eigenvalue weighted by molar-refractivity contribution is 5.90. The van der Waals surface area contributed by atoms with E-state index in [9.17, 15) is 14.0 Å². The molecule has 142 valence electrons. The van der Waals surface area contributed by atoms with E-state index in [1.54, 1.807) is 31.3 Å². The van der Waals surface area contributed by atoms with E-state index in [4.69, 9.17) is 4.74 Å². The van der Waals surface area contributed by atoms with Crippen LogP contribution in [-0.2, 0) is 9.53 Å². The van der Waals surface area contributed by atoms with Gasteiger partial charge in [0.25, 0.3) is 0 Å². The maximum Gasteiger partial charge on any atom is 0.416 e. The van der Waals surface area contributed by atoms with Gasteiger partial charge in [-0.05, 0) is 30.3 Å². The fraction of sp³-hybridized carbons (Fsp3) is 0.316. The molecule has 1 aromatic heterocycles. The zero-order valence-electron chi connectivity index (χ0n) is 15.4. The molecule has 1 aliphatic rings. The first-order valence-corrected chi connectivity index (χ1v) is 8.60. The summed E-state index contributed by atoms with van der Waals surface area (Å²) in [6.07, 6.45) is 0.530. The molecule has 0 radical (unpaired) electrons. The second-order valence-electron chi connectivity index (χ2n) is 6.37. The van der Waals surface area contributed by atoms with Crippen molar-refractivity contribution < 1.29 is 18.7 Å². The lowest BCUT2D eigenvalue weighted by molar-refractivity contribution is -0.123. The summed E-state index contributed by atoms with van der Waals surface area (Å²) in [7, 11) is 3.76. The summed E-state index contributed by atoms with van der Waals surface area (Å²) in [5.41, 5.74) is 1.40. The Morgan fingerprint density at radius 1 is 1.37 bits per heavy atom. The SMILES string of the molecule is CCC(=O)NC1CN(c2ccc(-c3ccc(N(C)C)nc3)c(F)c2)C(=O)O1. The van der Waals surface area contributed by atoms with Crippen molar-refractivity contribution in [3.05, 3.63) is 42.3 Å². The molecular weight excluding hydrogens is 351 g/mol. The molecule has 27 heavy (non-hydrogen) atoms. The Labute approximate surface area is 156 Å². The second kappa shape index (κ2) is 7.61. The van der Waals surface area contributed by atoms with E-state index in [0.717, 1.165) is 5.82 Å². The van der Waals surface area contributed by atoms with Gasteiger partial charge in [0.2, 0.25) is 5.91 Å². The monoisotopic (exact) mass is 372 g/mol. The number of pyridine rings is 1. The predicted molar refractivity (Wildman–Crippen MR) is 100 cm³/mol. The number of amides is 2. The topological polar surface area (TPSA) is 74.8 Å². The quantitative estimate of drug-likeness (QED) is 0.874. The Hall–Kier alpha value is -3.16. The summed E-state index contributed by atoms with van der Waals surface area (Å²) in [4.78, 5) is 30.9. The van der Waals surface area contributed by atoms with Crippen molar-refractivity contribution >= 4 is 23.5 Å². The van der Waals surface area contributed by atoms with Gasteiger partial charge >= 0.3 is 6.09 Å². The molecular formula is C19H21FN4O3. The minimum atomic E-state index is -0.740. The summed E-state index contributed by atoms with van der Waals surface area (Å²) in [6.45, 7) is 1.83. The van der Waals surface area contributed by atoms with E-state index in [1.165, 1.54) is 11.0 Å². The maximum absolute atomic E-state index is 14.7. The maximum atomic E-state index is 14.7. The summed E-state index contributed by atoms with van der Waals surface area (Å²) < 4.78 is 19.8. The Morgan fingerprint density at radius 3 is 2.74 bits per heavy atom. The van der Waals surface area contributed by atoms with Crippen molar-refractivity contribution in [3.63, 3.8) is 0 Å². The first kappa shape index (κ1) is 18.6. The number of cyclic esters (lactones) is 1. The predicted octanol–water partition coefficient (Wildman–Crippen LogP) is 2.76. The molecule has 7 nitrogen and oxygen atoms in total. The van der Waals surface area contributed by atoms with Crippen molar-refractivity contribution in [2.45, 2.75) is 19.6 Å². The number of rotatable bonds is 5.